The Bertz CT molecular complexity index is 1440. The molecule has 0 saturated carbocycles. The number of methoxy groups -OCH3 is 1. The molecule has 2 saturated heterocycles. The monoisotopic (exact) mass is 506 g/mol. The summed E-state index contributed by atoms with van der Waals surface area (Å²) in [6, 6.07) is 33.5. The maximum Gasteiger partial charge on any atom is 0.266 e. The van der Waals surface area contributed by atoms with E-state index >= 15 is 0 Å². The van der Waals surface area contributed by atoms with Gasteiger partial charge in [0.15, 0.2) is 6.10 Å². The number of fused-ring (bicyclic) bond motifs is 1. The Balaban J connectivity index is 1.31. The summed E-state index contributed by atoms with van der Waals surface area (Å²) in [7, 11) is 1.55. The van der Waals surface area contributed by atoms with Crippen LogP contribution in [0.25, 0.3) is 0 Å². The van der Waals surface area contributed by atoms with Crippen LogP contribution in [-0.2, 0) is 21.0 Å². The van der Waals surface area contributed by atoms with Gasteiger partial charge in [-0.1, -0.05) is 66.7 Å². The van der Waals surface area contributed by atoms with E-state index < -0.39 is 18.1 Å². The lowest BCUT2D eigenvalue weighted by molar-refractivity contribution is -0.126. The first kappa shape index (κ1) is 23.8. The Kier molecular flexibility index (Phi) is 6.27. The summed E-state index contributed by atoms with van der Waals surface area (Å²) < 4.78 is 11.3. The molecule has 2 amide bonds. The molecule has 0 unspecified atom stereocenters. The highest BCUT2D eigenvalue weighted by Gasteiger charge is 2.60. The van der Waals surface area contributed by atoms with Crippen LogP contribution in [0.2, 0.25) is 0 Å². The lowest BCUT2D eigenvalue weighted by Crippen LogP contribution is -2.37. The van der Waals surface area contributed by atoms with Gasteiger partial charge < -0.3 is 9.47 Å². The van der Waals surface area contributed by atoms with Gasteiger partial charge in [0.05, 0.1) is 24.5 Å². The number of ether oxygens (including phenoxy) is 2. The lowest BCUT2D eigenvalue weighted by Gasteiger charge is -2.29. The highest BCUT2D eigenvalue weighted by Crippen LogP contribution is 2.48. The number of benzene rings is 4. The van der Waals surface area contributed by atoms with Gasteiger partial charge in [0.2, 0.25) is 5.91 Å². The van der Waals surface area contributed by atoms with Crippen LogP contribution in [0.3, 0.4) is 0 Å². The van der Waals surface area contributed by atoms with E-state index in [0.29, 0.717) is 23.8 Å². The second-order valence-corrected chi connectivity index (χ2v) is 9.21. The number of rotatable bonds is 7. The van der Waals surface area contributed by atoms with E-state index in [-0.39, 0.29) is 11.8 Å². The average molecular weight is 507 g/mol. The van der Waals surface area contributed by atoms with Gasteiger partial charge in [0, 0.05) is 6.07 Å². The third-order valence-electron chi connectivity index (χ3n) is 6.91. The summed E-state index contributed by atoms with van der Waals surface area (Å²) in [6.45, 7) is 0.454. The van der Waals surface area contributed by atoms with E-state index in [1.54, 1.807) is 36.4 Å². The number of imide groups is 1. The van der Waals surface area contributed by atoms with Crippen molar-refractivity contribution in [3.05, 3.63) is 120 Å². The first-order valence-corrected chi connectivity index (χ1v) is 12.4. The third-order valence-corrected chi connectivity index (χ3v) is 6.91. The predicted octanol–water partition coefficient (Wildman–Crippen LogP) is 5.33. The van der Waals surface area contributed by atoms with Crippen molar-refractivity contribution in [1.29, 1.82) is 0 Å². The molecule has 2 heterocycles. The van der Waals surface area contributed by atoms with Crippen molar-refractivity contribution in [2.45, 2.75) is 18.8 Å². The van der Waals surface area contributed by atoms with Crippen molar-refractivity contribution >= 4 is 23.2 Å². The zero-order valence-corrected chi connectivity index (χ0v) is 20.8. The van der Waals surface area contributed by atoms with Crippen molar-refractivity contribution in [3.63, 3.8) is 0 Å². The lowest BCUT2D eigenvalue weighted by atomic mass is 9.90. The number of nitrogens with zero attached hydrogens (tertiary/aromatic N) is 2. The van der Waals surface area contributed by atoms with Gasteiger partial charge in [-0.3, -0.25) is 14.4 Å². The molecule has 38 heavy (non-hydrogen) atoms. The number of hydroxylamine groups is 1. The smallest absolute Gasteiger partial charge is 0.266 e. The zero-order valence-electron chi connectivity index (χ0n) is 20.8. The summed E-state index contributed by atoms with van der Waals surface area (Å²) in [6.07, 6.45) is -0.937. The molecule has 7 nitrogen and oxygen atoms in total. The largest absolute Gasteiger partial charge is 0.497 e. The van der Waals surface area contributed by atoms with Crippen molar-refractivity contribution in [2.24, 2.45) is 5.92 Å². The van der Waals surface area contributed by atoms with Crippen molar-refractivity contribution in [2.75, 3.05) is 17.1 Å². The molecule has 190 valence electrons. The summed E-state index contributed by atoms with van der Waals surface area (Å²) in [5.74, 6) is -0.133. The molecular weight excluding hydrogens is 480 g/mol. The second-order valence-electron chi connectivity index (χ2n) is 9.21. The number of para-hydroxylation sites is 1. The number of carbonyl (C=O) groups is 2. The van der Waals surface area contributed by atoms with Crippen LogP contribution < -0.4 is 19.4 Å². The molecule has 3 atom stereocenters. The SMILES string of the molecule is COc1cccc(N2C(=O)[C@@H]3[C@@H](c4ccc(OCc5ccccc5)cc4)N(c4ccccc4)O[C@H]3C2=O)c1. The van der Waals surface area contributed by atoms with Gasteiger partial charge >= 0.3 is 0 Å². The molecule has 0 aliphatic carbocycles. The number of carbonyl (C=O) groups excluding carboxylic acids is 2. The number of anilines is 2. The molecule has 4 aromatic rings. The normalized spacial score (nSPS) is 20.5. The molecule has 0 spiro atoms. The summed E-state index contributed by atoms with van der Waals surface area (Å²) in [4.78, 5) is 34.8. The summed E-state index contributed by atoms with van der Waals surface area (Å²) in [5, 5.41) is 1.69. The van der Waals surface area contributed by atoms with Crippen LogP contribution >= 0.6 is 0 Å². The number of hydrogen-bond acceptors (Lipinski definition) is 6. The minimum Gasteiger partial charge on any atom is -0.497 e. The molecule has 0 bridgehead atoms. The molecule has 7 heteroatoms. The fourth-order valence-corrected chi connectivity index (χ4v) is 5.06. The highest BCUT2D eigenvalue weighted by molar-refractivity contribution is 6.24. The molecule has 4 aromatic carbocycles. The maximum atomic E-state index is 13.8. The van der Waals surface area contributed by atoms with Crippen molar-refractivity contribution in [3.8, 4) is 11.5 Å². The molecule has 2 fully saturated rings. The quantitative estimate of drug-likeness (QED) is 0.316. The Morgan fingerprint density at radius 3 is 2.13 bits per heavy atom. The van der Waals surface area contributed by atoms with Crippen LogP contribution in [0, 0.1) is 5.92 Å². The van der Waals surface area contributed by atoms with Crippen LogP contribution in [0.1, 0.15) is 17.2 Å². The predicted molar refractivity (Wildman–Crippen MR) is 143 cm³/mol. The van der Waals surface area contributed by atoms with Crippen molar-refractivity contribution < 1.29 is 23.9 Å². The minimum atomic E-state index is -0.937. The highest BCUT2D eigenvalue weighted by atomic mass is 16.7. The number of amides is 2. The minimum absolute atomic E-state index is 0.305. The zero-order chi connectivity index (χ0) is 26.1. The standard InChI is InChI=1S/C31H26N2O5/c1-36-26-14-8-13-24(19-26)32-30(34)27-28(33(38-29(27)31(32)35)23-11-6-3-7-12-23)22-15-17-25(18-16-22)37-20-21-9-4-2-5-10-21/h2-19,27-29H,20H2,1H3/t27-,28-,29-/m1/s1. The molecule has 0 N–H and O–H groups in total. The van der Waals surface area contributed by atoms with Gasteiger partial charge in [0.1, 0.15) is 24.0 Å². The molecule has 2 aliphatic rings. The van der Waals surface area contributed by atoms with E-state index in [9.17, 15) is 9.59 Å². The fraction of sp³-hybridized carbons (Fsp3) is 0.161. The summed E-state index contributed by atoms with van der Waals surface area (Å²) in [5.41, 5.74) is 3.16. The Labute approximate surface area is 220 Å². The van der Waals surface area contributed by atoms with E-state index in [1.165, 1.54) is 4.90 Å². The topological polar surface area (TPSA) is 68.3 Å². The van der Waals surface area contributed by atoms with Gasteiger partial charge in [0.25, 0.3) is 5.91 Å². The Morgan fingerprint density at radius 2 is 1.42 bits per heavy atom. The van der Waals surface area contributed by atoms with Crippen LogP contribution in [-0.4, -0.2) is 25.0 Å². The van der Waals surface area contributed by atoms with E-state index in [4.69, 9.17) is 14.3 Å². The van der Waals surface area contributed by atoms with Gasteiger partial charge in [-0.05, 0) is 47.5 Å². The molecular formula is C31H26N2O5. The third kappa shape index (κ3) is 4.27. The van der Waals surface area contributed by atoms with Gasteiger partial charge in [-0.15, -0.1) is 0 Å². The first-order chi connectivity index (χ1) is 18.6. The van der Waals surface area contributed by atoms with E-state index in [0.717, 1.165) is 16.8 Å². The summed E-state index contributed by atoms with van der Waals surface area (Å²) >= 11 is 0. The van der Waals surface area contributed by atoms with Crippen LogP contribution in [0.15, 0.2) is 109 Å². The van der Waals surface area contributed by atoms with Crippen LogP contribution in [0.5, 0.6) is 11.5 Å². The van der Waals surface area contributed by atoms with E-state index in [2.05, 4.69) is 0 Å². The molecule has 0 radical (unpaired) electrons. The van der Waals surface area contributed by atoms with Crippen LogP contribution in [0.4, 0.5) is 11.4 Å². The molecule has 0 aromatic heterocycles. The van der Waals surface area contributed by atoms with Gasteiger partial charge in [-0.25, -0.2) is 9.96 Å². The Hall–Kier alpha value is -4.62. The Morgan fingerprint density at radius 1 is 0.737 bits per heavy atom. The number of hydrogen-bond donors (Lipinski definition) is 0. The second kappa shape index (κ2) is 10.0. The maximum absolute atomic E-state index is 13.8. The van der Waals surface area contributed by atoms with Gasteiger partial charge in [-0.2, -0.15) is 0 Å². The first-order valence-electron chi connectivity index (χ1n) is 12.4. The fourth-order valence-electron chi connectivity index (χ4n) is 5.06. The molecule has 2 aliphatic heterocycles. The average Bonchev–Trinajstić information content (AvgIpc) is 3.48. The van der Waals surface area contributed by atoms with Crippen molar-refractivity contribution in [1.82, 2.24) is 0 Å². The van der Waals surface area contributed by atoms with E-state index in [1.807, 2.05) is 84.9 Å². The molecule has 6 rings (SSSR count).